The Balaban J connectivity index is 2.41. The summed E-state index contributed by atoms with van der Waals surface area (Å²) in [5, 5.41) is 0. The third-order valence-electron chi connectivity index (χ3n) is 2.78. The van der Waals surface area contributed by atoms with Crippen LogP contribution in [0, 0.1) is 0 Å². The molecule has 19 heavy (non-hydrogen) atoms. The van der Waals surface area contributed by atoms with Crippen LogP contribution in [0.4, 0.5) is 0 Å². The highest BCUT2D eigenvalue weighted by atomic mass is 79.9. The monoisotopic (exact) mass is 323 g/mol. The first kappa shape index (κ1) is 13.7. The van der Waals surface area contributed by atoms with E-state index in [2.05, 4.69) is 15.9 Å². The highest BCUT2D eigenvalue weighted by molar-refractivity contribution is 9.10. The van der Waals surface area contributed by atoms with Gasteiger partial charge < -0.3 is 14.0 Å². The van der Waals surface area contributed by atoms with Gasteiger partial charge in [-0.2, -0.15) is 0 Å². The normalized spacial score (nSPS) is 10.3. The molecule has 2 aromatic rings. The van der Waals surface area contributed by atoms with Crippen LogP contribution in [0.3, 0.4) is 0 Å². The largest absolute Gasteiger partial charge is 0.497 e. The van der Waals surface area contributed by atoms with E-state index in [1.54, 1.807) is 31.0 Å². The molecule has 5 heteroatoms. The van der Waals surface area contributed by atoms with Gasteiger partial charge in [0, 0.05) is 22.3 Å². The number of hydrogen-bond acceptors (Lipinski definition) is 3. The topological polar surface area (TPSA) is 40.5 Å². The molecule has 2 rings (SSSR count). The summed E-state index contributed by atoms with van der Waals surface area (Å²) in [4.78, 5) is 11.8. The van der Waals surface area contributed by atoms with E-state index in [4.69, 9.17) is 9.47 Å². The minimum Gasteiger partial charge on any atom is -0.497 e. The summed E-state index contributed by atoms with van der Waals surface area (Å²) in [6, 6.07) is 8.77. The lowest BCUT2D eigenvalue weighted by molar-refractivity contribution is 0.397. The van der Waals surface area contributed by atoms with Crippen LogP contribution in [0.5, 0.6) is 11.5 Å². The summed E-state index contributed by atoms with van der Waals surface area (Å²) in [6.45, 7) is 0.429. The van der Waals surface area contributed by atoms with Crippen LogP contribution in [0.15, 0.2) is 45.8 Å². The van der Waals surface area contributed by atoms with E-state index in [0.717, 1.165) is 21.5 Å². The van der Waals surface area contributed by atoms with E-state index in [-0.39, 0.29) is 5.56 Å². The van der Waals surface area contributed by atoms with Crippen molar-refractivity contribution in [3.63, 3.8) is 0 Å². The number of rotatable bonds is 4. The van der Waals surface area contributed by atoms with Crippen LogP contribution in [-0.4, -0.2) is 18.8 Å². The van der Waals surface area contributed by atoms with Gasteiger partial charge in [-0.1, -0.05) is 0 Å². The minimum atomic E-state index is -0.0620. The number of ether oxygens (including phenoxy) is 2. The van der Waals surface area contributed by atoms with Gasteiger partial charge in [0.1, 0.15) is 11.5 Å². The fourth-order valence-corrected chi connectivity index (χ4v) is 2.19. The number of aromatic nitrogens is 1. The Hall–Kier alpha value is -1.75. The van der Waals surface area contributed by atoms with E-state index in [0.29, 0.717) is 6.54 Å². The van der Waals surface area contributed by atoms with Crippen molar-refractivity contribution < 1.29 is 9.47 Å². The molecule has 0 unspecified atom stereocenters. The smallest absolute Gasteiger partial charge is 0.250 e. The molecule has 1 aromatic carbocycles. The number of pyridine rings is 1. The van der Waals surface area contributed by atoms with Crippen LogP contribution in [0.25, 0.3) is 0 Å². The Morgan fingerprint density at radius 1 is 1.16 bits per heavy atom. The van der Waals surface area contributed by atoms with Crippen molar-refractivity contribution in [1.82, 2.24) is 4.57 Å². The molecule has 1 aromatic heterocycles. The molecule has 0 bridgehead atoms. The van der Waals surface area contributed by atoms with E-state index in [9.17, 15) is 4.79 Å². The predicted octanol–water partition coefficient (Wildman–Crippen LogP) is 2.68. The second-order valence-electron chi connectivity index (χ2n) is 3.99. The molecule has 0 N–H and O–H groups in total. The fourth-order valence-electron chi connectivity index (χ4n) is 1.81. The lowest BCUT2D eigenvalue weighted by Crippen LogP contribution is -2.19. The van der Waals surface area contributed by atoms with Gasteiger partial charge in [0.25, 0.3) is 5.56 Å². The first-order chi connectivity index (χ1) is 9.13. The van der Waals surface area contributed by atoms with E-state index < -0.39 is 0 Å². The average Bonchev–Trinajstić information content (AvgIpc) is 2.42. The van der Waals surface area contributed by atoms with Gasteiger partial charge in [0.05, 0.1) is 20.8 Å². The SMILES string of the molecule is COc1ccc(OC)c(Cn2cc(Br)ccc2=O)c1. The third kappa shape index (κ3) is 3.17. The maximum Gasteiger partial charge on any atom is 0.250 e. The molecule has 0 aliphatic rings. The van der Waals surface area contributed by atoms with Crippen molar-refractivity contribution in [2.24, 2.45) is 0 Å². The molecular formula is C14H14BrNO3. The second-order valence-corrected chi connectivity index (χ2v) is 4.91. The van der Waals surface area contributed by atoms with Crippen molar-refractivity contribution >= 4 is 15.9 Å². The number of methoxy groups -OCH3 is 2. The summed E-state index contributed by atoms with van der Waals surface area (Å²) in [6.07, 6.45) is 1.75. The lowest BCUT2D eigenvalue weighted by Gasteiger charge is -2.12. The predicted molar refractivity (Wildman–Crippen MR) is 77.1 cm³/mol. The summed E-state index contributed by atoms with van der Waals surface area (Å²) in [5.41, 5.74) is 0.829. The van der Waals surface area contributed by atoms with Crippen LogP contribution in [0.2, 0.25) is 0 Å². The number of nitrogens with zero attached hydrogens (tertiary/aromatic N) is 1. The van der Waals surface area contributed by atoms with Crippen LogP contribution >= 0.6 is 15.9 Å². The third-order valence-corrected chi connectivity index (χ3v) is 3.24. The van der Waals surface area contributed by atoms with Crippen LogP contribution in [-0.2, 0) is 6.54 Å². The van der Waals surface area contributed by atoms with E-state index in [1.165, 1.54) is 6.07 Å². The van der Waals surface area contributed by atoms with E-state index >= 15 is 0 Å². The van der Waals surface area contributed by atoms with E-state index in [1.807, 2.05) is 18.2 Å². The van der Waals surface area contributed by atoms with Crippen molar-refractivity contribution in [3.8, 4) is 11.5 Å². The van der Waals surface area contributed by atoms with Gasteiger partial charge in [0.15, 0.2) is 0 Å². The quantitative estimate of drug-likeness (QED) is 0.868. The van der Waals surface area contributed by atoms with Crippen molar-refractivity contribution in [2.75, 3.05) is 14.2 Å². The molecule has 0 saturated heterocycles. The van der Waals surface area contributed by atoms with Crippen molar-refractivity contribution in [3.05, 3.63) is 56.9 Å². The summed E-state index contributed by atoms with van der Waals surface area (Å²) >= 11 is 3.36. The maximum absolute atomic E-state index is 11.8. The molecule has 0 saturated carbocycles. The van der Waals surface area contributed by atoms with Gasteiger partial charge >= 0.3 is 0 Å². The Morgan fingerprint density at radius 3 is 2.63 bits per heavy atom. The lowest BCUT2D eigenvalue weighted by atomic mass is 10.2. The highest BCUT2D eigenvalue weighted by Gasteiger charge is 2.07. The summed E-state index contributed by atoms with van der Waals surface area (Å²) in [5.74, 6) is 1.46. The van der Waals surface area contributed by atoms with Crippen molar-refractivity contribution in [1.29, 1.82) is 0 Å². The molecular weight excluding hydrogens is 310 g/mol. The van der Waals surface area contributed by atoms with Gasteiger partial charge in [-0.05, 0) is 40.2 Å². The second kappa shape index (κ2) is 5.93. The van der Waals surface area contributed by atoms with Crippen LogP contribution < -0.4 is 15.0 Å². The van der Waals surface area contributed by atoms with Gasteiger partial charge in [-0.15, -0.1) is 0 Å². The number of benzene rings is 1. The van der Waals surface area contributed by atoms with Gasteiger partial charge in [-0.3, -0.25) is 4.79 Å². The zero-order chi connectivity index (χ0) is 13.8. The molecule has 0 aliphatic carbocycles. The molecule has 0 atom stereocenters. The molecule has 1 heterocycles. The number of halogens is 1. The minimum absolute atomic E-state index is 0.0620. The van der Waals surface area contributed by atoms with Crippen LogP contribution in [0.1, 0.15) is 5.56 Å². The zero-order valence-corrected chi connectivity index (χ0v) is 12.3. The molecule has 4 nitrogen and oxygen atoms in total. The Labute approximate surface area is 119 Å². The molecule has 0 spiro atoms. The number of hydrogen-bond donors (Lipinski definition) is 0. The standard InChI is InChI=1S/C14H14BrNO3/c1-18-12-4-5-13(19-2)10(7-12)8-16-9-11(15)3-6-14(16)17/h3-7,9H,8H2,1-2H3. The molecule has 0 fully saturated rings. The molecule has 0 radical (unpaired) electrons. The average molecular weight is 324 g/mol. The zero-order valence-electron chi connectivity index (χ0n) is 10.7. The molecule has 0 amide bonds. The first-order valence-electron chi connectivity index (χ1n) is 5.71. The van der Waals surface area contributed by atoms with Gasteiger partial charge in [-0.25, -0.2) is 0 Å². The summed E-state index contributed by atoms with van der Waals surface area (Å²) in [7, 11) is 3.21. The van der Waals surface area contributed by atoms with Gasteiger partial charge in [0.2, 0.25) is 0 Å². The highest BCUT2D eigenvalue weighted by Crippen LogP contribution is 2.24. The Kier molecular flexibility index (Phi) is 4.27. The maximum atomic E-state index is 11.8. The Bertz CT molecular complexity index is 637. The molecule has 100 valence electrons. The summed E-state index contributed by atoms with van der Waals surface area (Å²) < 4.78 is 13.0. The fraction of sp³-hybridized carbons (Fsp3) is 0.214. The Morgan fingerprint density at radius 2 is 1.95 bits per heavy atom. The van der Waals surface area contributed by atoms with Crippen molar-refractivity contribution in [2.45, 2.75) is 6.54 Å². The molecule has 0 aliphatic heterocycles. The first-order valence-corrected chi connectivity index (χ1v) is 6.50.